The lowest BCUT2D eigenvalue weighted by atomic mass is 10.0. The van der Waals surface area contributed by atoms with Crippen LogP contribution in [0.2, 0.25) is 0 Å². The molecule has 0 spiro atoms. The first kappa shape index (κ1) is 8.79. The summed E-state index contributed by atoms with van der Waals surface area (Å²) in [4.78, 5) is 0. The van der Waals surface area contributed by atoms with E-state index in [0.29, 0.717) is 6.10 Å². The highest BCUT2D eigenvalue weighted by Gasteiger charge is 2.28. The highest BCUT2D eigenvalue weighted by molar-refractivity contribution is 4.93. The largest absolute Gasteiger partial charge is 0.373 e. The van der Waals surface area contributed by atoms with Crippen molar-refractivity contribution in [1.29, 1.82) is 0 Å². The maximum atomic E-state index is 5.21. The molecule has 1 aliphatic rings. The van der Waals surface area contributed by atoms with Crippen LogP contribution in [0.1, 0.15) is 33.6 Å². The first-order valence-corrected chi connectivity index (χ1v) is 4.45. The number of hydrogen-bond acceptors (Lipinski definition) is 1. The van der Waals surface area contributed by atoms with E-state index in [1.165, 1.54) is 18.4 Å². The van der Waals surface area contributed by atoms with E-state index in [1.807, 2.05) is 0 Å². The van der Waals surface area contributed by atoms with Crippen molar-refractivity contribution >= 4 is 0 Å². The van der Waals surface area contributed by atoms with E-state index in [2.05, 4.69) is 26.8 Å². The molecule has 1 nitrogen and oxygen atoms in total. The molecule has 0 bridgehead atoms. The minimum atomic E-state index is 0.584. The molecule has 0 radical (unpaired) electrons. The average molecular weight is 154 g/mol. The molecule has 1 aliphatic heterocycles. The molecular formula is C10H18O. The van der Waals surface area contributed by atoms with Gasteiger partial charge in [-0.15, -0.1) is 0 Å². The molecule has 2 atom stereocenters. The van der Waals surface area contributed by atoms with Gasteiger partial charge in [-0.2, -0.15) is 0 Å². The lowest BCUT2D eigenvalue weighted by Gasteiger charge is -2.04. The van der Waals surface area contributed by atoms with Crippen molar-refractivity contribution < 1.29 is 4.74 Å². The Bertz CT molecular complexity index is 141. The first-order valence-electron chi connectivity index (χ1n) is 4.45. The predicted octanol–water partition coefficient (Wildman–Crippen LogP) is 2.77. The van der Waals surface area contributed by atoms with Gasteiger partial charge in [0.1, 0.15) is 0 Å². The zero-order valence-corrected chi connectivity index (χ0v) is 7.76. The van der Waals surface area contributed by atoms with Crippen molar-refractivity contribution in [2.24, 2.45) is 5.92 Å². The van der Waals surface area contributed by atoms with E-state index in [-0.39, 0.29) is 0 Å². The highest BCUT2D eigenvalue weighted by atomic mass is 16.6. The SMILES string of the molecule is CC(C)=CCC[C@H](C)[C@H]1CO1. The smallest absolute Gasteiger partial charge is 0.0835 e. The molecule has 0 aromatic rings. The van der Waals surface area contributed by atoms with Crippen LogP contribution >= 0.6 is 0 Å². The fourth-order valence-electron chi connectivity index (χ4n) is 1.20. The van der Waals surface area contributed by atoms with E-state index in [4.69, 9.17) is 4.74 Å². The Labute approximate surface area is 69.4 Å². The summed E-state index contributed by atoms with van der Waals surface area (Å²) in [6.07, 6.45) is 5.37. The second-order valence-electron chi connectivity index (χ2n) is 3.71. The van der Waals surface area contributed by atoms with Crippen LogP contribution < -0.4 is 0 Å². The zero-order chi connectivity index (χ0) is 8.27. The summed E-state index contributed by atoms with van der Waals surface area (Å²) in [6.45, 7) is 7.57. The summed E-state index contributed by atoms with van der Waals surface area (Å²) < 4.78 is 5.21. The Morgan fingerprint density at radius 3 is 2.73 bits per heavy atom. The highest BCUT2D eigenvalue weighted by Crippen LogP contribution is 2.23. The van der Waals surface area contributed by atoms with Crippen molar-refractivity contribution in [2.75, 3.05) is 6.61 Å². The van der Waals surface area contributed by atoms with Crippen LogP contribution in [-0.2, 0) is 4.74 Å². The van der Waals surface area contributed by atoms with Crippen molar-refractivity contribution in [2.45, 2.75) is 39.7 Å². The molecule has 0 aromatic heterocycles. The van der Waals surface area contributed by atoms with E-state index >= 15 is 0 Å². The van der Waals surface area contributed by atoms with Gasteiger partial charge >= 0.3 is 0 Å². The Kier molecular flexibility index (Phi) is 3.13. The molecule has 1 saturated heterocycles. The first-order chi connectivity index (χ1) is 5.20. The van der Waals surface area contributed by atoms with E-state index in [9.17, 15) is 0 Å². The van der Waals surface area contributed by atoms with Gasteiger partial charge < -0.3 is 4.74 Å². The summed E-state index contributed by atoms with van der Waals surface area (Å²) in [6, 6.07) is 0. The van der Waals surface area contributed by atoms with Gasteiger partial charge in [0.2, 0.25) is 0 Å². The van der Waals surface area contributed by atoms with Gasteiger partial charge in [-0.3, -0.25) is 0 Å². The van der Waals surface area contributed by atoms with Gasteiger partial charge in [0, 0.05) is 0 Å². The Balaban J connectivity index is 2.06. The second-order valence-corrected chi connectivity index (χ2v) is 3.71. The van der Waals surface area contributed by atoms with Gasteiger partial charge in [-0.1, -0.05) is 18.6 Å². The van der Waals surface area contributed by atoms with Gasteiger partial charge in [-0.05, 0) is 32.6 Å². The van der Waals surface area contributed by atoms with Gasteiger partial charge in [-0.25, -0.2) is 0 Å². The molecule has 0 saturated carbocycles. The van der Waals surface area contributed by atoms with E-state index < -0.39 is 0 Å². The number of ether oxygens (including phenoxy) is 1. The summed E-state index contributed by atoms with van der Waals surface area (Å²) >= 11 is 0. The van der Waals surface area contributed by atoms with Crippen LogP contribution in [0.25, 0.3) is 0 Å². The van der Waals surface area contributed by atoms with Crippen LogP contribution in [0.15, 0.2) is 11.6 Å². The quantitative estimate of drug-likeness (QED) is 0.448. The maximum absolute atomic E-state index is 5.21. The lowest BCUT2D eigenvalue weighted by Crippen LogP contribution is -2.01. The molecule has 1 heterocycles. The molecule has 1 fully saturated rings. The number of allylic oxidation sites excluding steroid dienone is 2. The Morgan fingerprint density at radius 1 is 1.64 bits per heavy atom. The third-order valence-electron chi connectivity index (χ3n) is 2.17. The zero-order valence-electron chi connectivity index (χ0n) is 7.76. The van der Waals surface area contributed by atoms with Crippen LogP contribution in [0.4, 0.5) is 0 Å². The van der Waals surface area contributed by atoms with Crippen molar-refractivity contribution in [3.05, 3.63) is 11.6 Å². The molecule has 0 aliphatic carbocycles. The Morgan fingerprint density at radius 2 is 2.27 bits per heavy atom. The minimum Gasteiger partial charge on any atom is -0.373 e. The topological polar surface area (TPSA) is 12.5 Å². The Hall–Kier alpha value is -0.300. The maximum Gasteiger partial charge on any atom is 0.0835 e. The molecule has 1 heteroatoms. The third kappa shape index (κ3) is 3.57. The molecule has 0 unspecified atom stereocenters. The number of rotatable bonds is 4. The lowest BCUT2D eigenvalue weighted by molar-refractivity contribution is 0.332. The van der Waals surface area contributed by atoms with Crippen molar-refractivity contribution in [3.8, 4) is 0 Å². The van der Waals surface area contributed by atoms with Crippen LogP contribution in [-0.4, -0.2) is 12.7 Å². The molecule has 1 rings (SSSR count). The standard InChI is InChI=1S/C10H18O/c1-8(2)5-4-6-9(3)10-7-11-10/h5,9-10H,4,6-7H2,1-3H3/t9-,10+/m0/s1. The van der Waals surface area contributed by atoms with E-state index in [0.717, 1.165) is 12.5 Å². The van der Waals surface area contributed by atoms with Gasteiger partial charge in [0.25, 0.3) is 0 Å². The molecule has 11 heavy (non-hydrogen) atoms. The normalized spacial score (nSPS) is 24.5. The molecule has 0 N–H and O–H groups in total. The fraction of sp³-hybridized carbons (Fsp3) is 0.800. The monoisotopic (exact) mass is 154 g/mol. The average Bonchev–Trinajstić information content (AvgIpc) is 2.66. The summed E-state index contributed by atoms with van der Waals surface area (Å²) in [7, 11) is 0. The van der Waals surface area contributed by atoms with E-state index in [1.54, 1.807) is 0 Å². The summed E-state index contributed by atoms with van der Waals surface area (Å²) in [5, 5.41) is 0. The number of epoxide rings is 1. The molecule has 64 valence electrons. The summed E-state index contributed by atoms with van der Waals surface area (Å²) in [5.41, 5.74) is 1.42. The van der Waals surface area contributed by atoms with Gasteiger partial charge in [0.05, 0.1) is 12.7 Å². The van der Waals surface area contributed by atoms with Crippen molar-refractivity contribution in [1.82, 2.24) is 0 Å². The second kappa shape index (κ2) is 3.91. The molecule has 0 aromatic carbocycles. The van der Waals surface area contributed by atoms with Crippen LogP contribution in [0.5, 0.6) is 0 Å². The molecular weight excluding hydrogens is 136 g/mol. The van der Waals surface area contributed by atoms with Gasteiger partial charge in [0.15, 0.2) is 0 Å². The van der Waals surface area contributed by atoms with Crippen molar-refractivity contribution in [3.63, 3.8) is 0 Å². The van der Waals surface area contributed by atoms with Crippen LogP contribution in [0.3, 0.4) is 0 Å². The van der Waals surface area contributed by atoms with Crippen LogP contribution in [0, 0.1) is 5.92 Å². The number of hydrogen-bond donors (Lipinski definition) is 0. The molecule has 0 amide bonds. The fourth-order valence-corrected chi connectivity index (χ4v) is 1.20. The third-order valence-corrected chi connectivity index (χ3v) is 2.17. The minimum absolute atomic E-state index is 0.584. The predicted molar refractivity (Wildman–Crippen MR) is 47.6 cm³/mol. The summed E-state index contributed by atoms with van der Waals surface area (Å²) in [5.74, 6) is 0.755.